The minimum atomic E-state index is -5.70. The number of aromatic amines is 1. The molecule has 0 bridgehead atoms. The van der Waals surface area contributed by atoms with Gasteiger partial charge in [0.15, 0.2) is 6.61 Å². The fourth-order valence-electron chi connectivity index (χ4n) is 4.29. The number of para-hydroxylation sites is 1. The number of anilines is 1. The molecule has 2 N–H and O–H groups in total. The maximum Gasteiger partial charge on any atom is 0.490 e. The van der Waals surface area contributed by atoms with Crippen molar-refractivity contribution < 1.29 is 44.1 Å². The number of hydrogen-bond donors (Lipinski definition) is 2. The number of H-pyrrole nitrogens is 1. The fraction of sp³-hybridized carbons (Fsp3) is 0.269. The maximum absolute atomic E-state index is 13.1. The number of halogens is 8. The highest BCUT2D eigenvalue weighted by Crippen LogP contribution is 2.54. The van der Waals surface area contributed by atoms with Crippen molar-refractivity contribution in [3.8, 4) is 16.9 Å². The van der Waals surface area contributed by atoms with Crippen LogP contribution in [0, 0.1) is 0 Å². The lowest BCUT2D eigenvalue weighted by Gasteiger charge is -2.19. The van der Waals surface area contributed by atoms with Crippen LogP contribution in [0.15, 0.2) is 66.7 Å². The summed E-state index contributed by atoms with van der Waals surface area (Å²) in [7, 11) is -3.28. The van der Waals surface area contributed by atoms with E-state index < -0.39 is 35.2 Å². The van der Waals surface area contributed by atoms with Gasteiger partial charge in [0, 0.05) is 11.5 Å². The Bertz CT molecular complexity index is 1550. The molecule has 3 aromatic carbocycles. The largest absolute Gasteiger partial charge is 0.490 e. The summed E-state index contributed by atoms with van der Waals surface area (Å²) in [5, 5.41) is 0. The summed E-state index contributed by atoms with van der Waals surface area (Å²) >= 11 is 0. The topological polar surface area (TPSA) is 67.0 Å². The first-order chi connectivity index (χ1) is 18.7. The average Bonchev–Trinajstić information content (AvgIpc) is 3.58. The van der Waals surface area contributed by atoms with Crippen LogP contribution < -0.4 is 9.46 Å². The number of nitrogens with one attached hydrogen (secondary N) is 2. The average molecular weight is 590 g/mol. The van der Waals surface area contributed by atoms with Crippen molar-refractivity contribution in [2.45, 2.75) is 35.9 Å². The van der Waals surface area contributed by atoms with Crippen molar-refractivity contribution in [1.82, 2.24) is 9.97 Å². The van der Waals surface area contributed by atoms with Gasteiger partial charge < -0.3 is 9.72 Å². The second-order valence-electron chi connectivity index (χ2n) is 9.22. The van der Waals surface area contributed by atoms with Crippen molar-refractivity contribution in [3.63, 3.8) is 0 Å². The van der Waals surface area contributed by atoms with Crippen LogP contribution in [0.2, 0.25) is 0 Å². The van der Waals surface area contributed by atoms with Gasteiger partial charge in [-0.2, -0.15) is 35.1 Å². The quantitative estimate of drug-likeness (QED) is 0.207. The Morgan fingerprint density at radius 3 is 2.30 bits per heavy atom. The van der Waals surface area contributed by atoms with E-state index in [9.17, 15) is 39.3 Å². The van der Waals surface area contributed by atoms with E-state index in [-0.39, 0.29) is 23.3 Å². The molecular weight excluding hydrogens is 570 g/mol. The van der Waals surface area contributed by atoms with Gasteiger partial charge in [-0.1, -0.05) is 36.4 Å². The Balaban J connectivity index is 1.29. The first-order valence-electron chi connectivity index (χ1n) is 11.7. The van der Waals surface area contributed by atoms with Crippen molar-refractivity contribution in [1.29, 1.82) is 0 Å². The van der Waals surface area contributed by atoms with E-state index in [1.807, 2.05) is 4.72 Å². The summed E-state index contributed by atoms with van der Waals surface area (Å²) < 4.78 is 120. The molecule has 0 saturated heterocycles. The minimum absolute atomic E-state index is 0.000316. The van der Waals surface area contributed by atoms with Crippen molar-refractivity contribution in [2.24, 2.45) is 0 Å². The Morgan fingerprint density at radius 1 is 0.925 bits per heavy atom. The molecular formula is C26H19F8N3O2S. The van der Waals surface area contributed by atoms with Gasteiger partial charge in [0.1, 0.15) is 11.6 Å². The number of aromatic nitrogens is 2. The Hall–Kier alpha value is -3.68. The van der Waals surface area contributed by atoms with E-state index in [0.29, 0.717) is 28.0 Å². The van der Waals surface area contributed by atoms with Crippen LogP contribution in [0.1, 0.15) is 29.6 Å². The monoisotopic (exact) mass is 589 g/mol. The molecule has 1 aromatic heterocycles. The fourth-order valence-corrected chi connectivity index (χ4v) is 4.78. The first kappa shape index (κ1) is 27.9. The lowest BCUT2D eigenvalue weighted by molar-refractivity contribution is -0.290. The number of rotatable bonds is 8. The molecule has 1 aliphatic rings. The molecule has 5 nitrogen and oxygen atoms in total. The van der Waals surface area contributed by atoms with Crippen LogP contribution in [0.3, 0.4) is 0 Å². The smallest absolute Gasteiger partial charge is 0.487 e. The summed E-state index contributed by atoms with van der Waals surface area (Å²) in [4.78, 5) is 7.83. The summed E-state index contributed by atoms with van der Waals surface area (Å²) in [6, 6.07) is 17.2. The highest BCUT2D eigenvalue weighted by atomic mass is 32.2. The molecule has 5 rings (SSSR count). The van der Waals surface area contributed by atoms with Crippen molar-refractivity contribution in [2.75, 3.05) is 11.3 Å². The molecule has 1 saturated carbocycles. The standard InChI is InChI=1S/C26H19F8N3O2S/c27-24(28,25(29,30)31)13-39-16-8-5-14(6-9-16)18-12-19(18)23-35-21-10-7-15(11-22(21)36-23)17-3-1-2-4-20(17)37-40(38)26(32,33)34/h1-11,18-19,37H,12-13H2,(H,35,36). The SMILES string of the molecule is O=S(Nc1ccccc1-c1ccc2nc(C3CC3c3ccc(OCC(F)(F)C(F)(F)F)cc3)[nH]c2c1)C(F)(F)F. The molecule has 1 fully saturated rings. The molecule has 4 aromatic rings. The molecule has 0 radical (unpaired) electrons. The molecule has 0 amide bonds. The van der Waals surface area contributed by atoms with Gasteiger partial charge in [-0.25, -0.2) is 9.19 Å². The third-order valence-electron chi connectivity index (χ3n) is 6.44. The third-order valence-corrected chi connectivity index (χ3v) is 7.26. The van der Waals surface area contributed by atoms with Gasteiger partial charge in [0.05, 0.1) is 16.7 Å². The minimum Gasteiger partial charge on any atom is -0.487 e. The number of hydrogen-bond acceptors (Lipinski definition) is 3. The zero-order valence-electron chi connectivity index (χ0n) is 20.1. The molecule has 212 valence electrons. The normalized spacial score (nSPS) is 18.5. The molecule has 40 heavy (non-hydrogen) atoms. The van der Waals surface area contributed by atoms with Gasteiger partial charge >= 0.3 is 17.6 Å². The summed E-state index contributed by atoms with van der Waals surface area (Å²) in [6.07, 6.45) is -4.98. The number of fused-ring (bicyclic) bond motifs is 1. The predicted octanol–water partition coefficient (Wildman–Crippen LogP) is 7.67. The summed E-state index contributed by atoms with van der Waals surface area (Å²) in [5.41, 5.74) is -1.79. The lowest BCUT2D eigenvalue weighted by Crippen LogP contribution is -2.41. The van der Waals surface area contributed by atoms with E-state index in [1.54, 1.807) is 42.5 Å². The number of nitrogens with zero attached hydrogens (tertiary/aromatic N) is 1. The van der Waals surface area contributed by atoms with E-state index in [1.165, 1.54) is 24.3 Å². The second kappa shape index (κ2) is 10.1. The van der Waals surface area contributed by atoms with Crippen LogP contribution in [0.4, 0.5) is 40.8 Å². The highest BCUT2D eigenvalue weighted by Gasteiger charge is 2.58. The molecule has 1 heterocycles. The van der Waals surface area contributed by atoms with E-state index in [4.69, 9.17) is 0 Å². The van der Waals surface area contributed by atoms with Crippen molar-refractivity contribution >= 4 is 27.7 Å². The Labute approximate surface area is 224 Å². The Morgan fingerprint density at radius 2 is 1.62 bits per heavy atom. The molecule has 3 atom stereocenters. The summed E-state index contributed by atoms with van der Waals surface area (Å²) in [5.74, 6) is -4.37. The molecule has 0 spiro atoms. The lowest BCUT2D eigenvalue weighted by atomic mass is 10.0. The number of benzene rings is 3. The van der Waals surface area contributed by atoms with E-state index in [0.717, 1.165) is 12.0 Å². The van der Waals surface area contributed by atoms with Gasteiger partial charge in [-0.15, -0.1) is 0 Å². The zero-order valence-corrected chi connectivity index (χ0v) is 20.9. The van der Waals surface area contributed by atoms with Gasteiger partial charge in [0.25, 0.3) is 0 Å². The third kappa shape index (κ3) is 5.76. The van der Waals surface area contributed by atoms with Crippen LogP contribution in [0.25, 0.3) is 22.2 Å². The Kier molecular flexibility index (Phi) is 7.01. The zero-order chi connectivity index (χ0) is 28.9. The molecule has 1 aliphatic carbocycles. The number of imidazole rings is 1. The summed E-state index contributed by atoms with van der Waals surface area (Å²) in [6.45, 7) is -1.82. The number of ether oxygens (including phenoxy) is 1. The molecule has 3 unspecified atom stereocenters. The van der Waals surface area contributed by atoms with Gasteiger partial charge in [0.2, 0.25) is 11.0 Å². The van der Waals surface area contributed by atoms with Crippen molar-refractivity contribution in [3.05, 3.63) is 78.1 Å². The van der Waals surface area contributed by atoms with Crippen LogP contribution >= 0.6 is 0 Å². The van der Waals surface area contributed by atoms with Crippen LogP contribution in [-0.4, -0.2) is 38.4 Å². The predicted molar refractivity (Wildman–Crippen MR) is 132 cm³/mol. The van der Waals surface area contributed by atoms with Crippen LogP contribution in [0.5, 0.6) is 5.75 Å². The highest BCUT2D eigenvalue weighted by molar-refractivity contribution is 7.87. The number of alkyl halides is 8. The van der Waals surface area contributed by atoms with E-state index >= 15 is 0 Å². The van der Waals surface area contributed by atoms with Gasteiger partial charge in [-0.3, -0.25) is 4.72 Å². The van der Waals surface area contributed by atoms with Gasteiger partial charge in [-0.05, 0) is 53.8 Å². The molecule has 14 heteroatoms. The second-order valence-corrected chi connectivity index (χ2v) is 10.4. The van der Waals surface area contributed by atoms with Crippen LogP contribution in [-0.2, 0) is 11.0 Å². The molecule has 0 aliphatic heterocycles. The maximum atomic E-state index is 13.1. The first-order valence-corrected chi connectivity index (χ1v) is 12.9. The van der Waals surface area contributed by atoms with E-state index in [2.05, 4.69) is 14.7 Å².